The molecule has 0 aromatic heterocycles. The summed E-state index contributed by atoms with van der Waals surface area (Å²) in [6, 6.07) is 11.3. The van der Waals surface area contributed by atoms with Crippen molar-refractivity contribution in [3.8, 4) is 17.2 Å². The monoisotopic (exact) mass is 418 g/mol. The number of hydrogen-bond acceptors (Lipinski definition) is 5. The normalized spacial score (nSPS) is 12.4. The van der Waals surface area contributed by atoms with E-state index < -0.39 is 0 Å². The highest BCUT2D eigenvalue weighted by Gasteiger charge is 2.12. The van der Waals surface area contributed by atoms with E-state index in [4.69, 9.17) is 14.2 Å². The minimum atomic E-state index is -0.341. The molecule has 136 valence electrons. The molecule has 0 bridgehead atoms. The zero-order chi connectivity index (χ0) is 18.4. The number of aryl methyl sites for hydroxylation is 1. The first-order valence-electron chi connectivity index (χ1n) is 8.28. The van der Waals surface area contributed by atoms with Crippen molar-refractivity contribution < 1.29 is 19.0 Å². The maximum atomic E-state index is 11.9. The minimum Gasteiger partial charge on any atom is -0.483 e. The fraction of sp³-hybridized carbons (Fsp3) is 0.263. The van der Waals surface area contributed by atoms with Crippen molar-refractivity contribution in [3.05, 3.63) is 52.0 Å². The maximum absolute atomic E-state index is 11.9. The SMILES string of the molecule is CCCc1ccc(OCC(=O)N/N=C/c2ccc3c(c2)OCO3)c(Br)c1. The third-order valence-corrected chi connectivity index (χ3v) is 4.31. The van der Waals surface area contributed by atoms with Gasteiger partial charge in [-0.15, -0.1) is 0 Å². The zero-order valence-electron chi connectivity index (χ0n) is 14.3. The average molecular weight is 419 g/mol. The number of fused-ring (bicyclic) bond motifs is 1. The third kappa shape index (κ3) is 4.76. The summed E-state index contributed by atoms with van der Waals surface area (Å²) < 4.78 is 16.9. The summed E-state index contributed by atoms with van der Waals surface area (Å²) in [6.45, 7) is 2.23. The highest BCUT2D eigenvalue weighted by Crippen LogP contribution is 2.32. The van der Waals surface area contributed by atoms with Crippen LogP contribution in [0.2, 0.25) is 0 Å². The van der Waals surface area contributed by atoms with Crippen molar-refractivity contribution in [3.63, 3.8) is 0 Å². The van der Waals surface area contributed by atoms with E-state index >= 15 is 0 Å². The summed E-state index contributed by atoms with van der Waals surface area (Å²) >= 11 is 3.47. The molecule has 0 unspecified atom stereocenters. The first-order valence-corrected chi connectivity index (χ1v) is 9.08. The number of benzene rings is 2. The Morgan fingerprint density at radius 2 is 2.12 bits per heavy atom. The molecule has 0 aliphatic carbocycles. The highest BCUT2D eigenvalue weighted by molar-refractivity contribution is 9.10. The van der Waals surface area contributed by atoms with Crippen molar-refractivity contribution in [2.75, 3.05) is 13.4 Å². The van der Waals surface area contributed by atoms with Gasteiger partial charge in [0.25, 0.3) is 5.91 Å². The van der Waals surface area contributed by atoms with E-state index in [-0.39, 0.29) is 19.3 Å². The fourth-order valence-corrected chi connectivity index (χ4v) is 2.99. The lowest BCUT2D eigenvalue weighted by molar-refractivity contribution is -0.123. The Labute approximate surface area is 160 Å². The Morgan fingerprint density at radius 1 is 1.27 bits per heavy atom. The number of nitrogens with one attached hydrogen (secondary N) is 1. The number of amides is 1. The second-order valence-electron chi connectivity index (χ2n) is 5.71. The molecule has 26 heavy (non-hydrogen) atoms. The molecule has 1 aliphatic rings. The Bertz CT molecular complexity index is 823. The van der Waals surface area contributed by atoms with Crippen LogP contribution in [0.15, 0.2) is 46.0 Å². The van der Waals surface area contributed by atoms with Crippen LogP contribution < -0.4 is 19.6 Å². The van der Waals surface area contributed by atoms with Crippen LogP contribution in [-0.4, -0.2) is 25.5 Å². The van der Waals surface area contributed by atoms with Gasteiger partial charge < -0.3 is 14.2 Å². The second kappa shape index (κ2) is 8.71. The molecule has 2 aromatic rings. The minimum absolute atomic E-state index is 0.121. The fourth-order valence-electron chi connectivity index (χ4n) is 2.45. The smallest absolute Gasteiger partial charge is 0.277 e. The van der Waals surface area contributed by atoms with Crippen LogP contribution in [0.5, 0.6) is 17.2 Å². The lowest BCUT2D eigenvalue weighted by atomic mass is 10.1. The van der Waals surface area contributed by atoms with Gasteiger partial charge in [0.05, 0.1) is 10.7 Å². The molecule has 7 heteroatoms. The maximum Gasteiger partial charge on any atom is 0.277 e. The molecule has 0 saturated heterocycles. The highest BCUT2D eigenvalue weighted by atomic mass is 79.9. The molecule has 6 nitrogen and oxygen atoms in total. The molecule has 1 aliphatic heterocycles. The van der Waals surface area contributed by atoms with Crippen molar-refractivity contribution in [2.24, 2.45) is 5.10 Å². The van der Waals surface area contributed by atoms with E-state index in [1.54, 1.807) is 12.1 Å². The van der Waals surface area contributed by atoms with Crippen LogP contribution in [-0.2, 0) is 11.2 Å². The summed E-state index contributed by atoms with van der Waals surface area (Å²) in [7, 11) is 0. The molecule has 0 saturated carbocycles. The number of hydrazone groups is 1. The average Bonchev–Trinajstić information content (AvgIpc) is 3.09. The summed E-state index contributed by atoms with van der Waals surface area (Å²) in [5.41, 5.74) is 4.46. The number of halogens is 1. The molecule has 1 N–H and O–H groups in total. The van der Waals surface area contributed by atoms with Gasteiger partial charge in [0, 0.05) is 0 Å². The van der Waals surface area contributed by atoms with E-state index in [2.05, 4.69) is 33.4 Å². The van der Waals surface area contributed by atoms with E-state index in [1.807, 2.05) is 24.3 Å². The van der Waals surface area contributed by atoms with Gasteiger partial charge in [-0.25, -0.2) is 5.43 Å². The topological polar surface area (TPSA) is 69.2 Å². The van der Waals surface area contributed by atoms with Crippen molar-refractivity contribution in [1.82, 2.24) is 5.43 Å². The summed E-state index contributed by atoms with van der Waals surface area (Å²) in [4.78, 5) is 11.9. The predicted molar refractivity (Wildman–Crippen MR) is 102 cm³/mol. The van der Waals surface area contributed by atoms with Gasteiger partial charge in [-0.2, -0.15) is 5.10 Å². The largest absolute Gasteiger partial charge is 0.483 e. The molecule has 0 spiro atoms. The molecular weight excluding hydrogens is 400 g/mol. The standard InChI is InChI=1S/C19H19BrN2O4/c1-2-3-13-4-6-16(15(20)8-13)24-11-19(23)22-21-10-14-5-7-17-18(9-14)26-12-25-17/h4-10H,2-3,11-12H2,1H3,(H,22,23)/b21-10+. The third-order valence-electron chi connectivity index (χ3n) is 3.69. The number of carbonyl (C=O) groups is 1. The van der Waals surface area contributed by atoms with Gasteiger partial charge in [-0.1, -0.05) is 19.4 Å². The van der Waals surface area contributed by atoms with Crippen LogP contribution in [0, 0.1) is 0 Å². The summed E-state index contributed by atoms with van der Waals surface area (Å²) in [6.07, 6.45) is 3.62. The number of ether oxygens (including phenoxy) is 3. The number of hydrogen-bond donors (Lipinski definition) is 1. The van der Waals surface area contributed by atoms with Gasteiger partial charge in [0.2, 0.25) is 6.79 Å². The van der Waals surface area contributed by atoms with E-state index in [0.29, 0.717) is 17.2 Å². The lowest BCUT2D eigenvalue weighted by Gasteiger charge is -2.08. The van der Waals surface area contributed by atoms with Crippen LogP contribution in [0.3, 0.4) is 0 Å². The first kappa shape index (κ1) is 18.3. The van der Waals surface area contributed by atoms with Gasteiger partial charge in [0.15, 0.2) is 18.1 Å². The molecule has 3 rings (SSSR count). The van der Waals surface area contributed by atoms with Gasteiger partial charge in [-0.05, 0) is 63.8 Å². The Morgan fingerprint density at radius 3 is 2.92 bits per heavy atom. The Hall–Kier alpha value is -2.54. The lowest BCUT2D eigenvalue weighted by Crippen LogP contribution is -2.24. The van der Waals surface area contributed by atoms with E-state index in [1.165, 1.54) is 11.8 Å². The van der Waals surface area contributed by atoms with Gasteiger partial charge in [-0.3, -0.25) is 4.79 Å². The van der Waals surface area contributed by atoms with Crippen LogP contribution in [0.4, 0.5) is 0 Å². The van der Waals surface area contributed by atoms with Crippen LogP contribution in [0.25, 0.3) is 0 Å². The van der Waals surface area contributed by atoms with E-state index in [0.717, 1.165) is 22.9 Å². The van der Waals surface area contributed by atoms with Crippen molar-refractivity contribution in [2.45, 2.75) is 19.8 Å². The zero-order valence-corrected chi connectivity index (χ0v) is 15.9. The Kier molecular flexibility index (Phi) is 6.12. The molecule has 0 fully saturated rings. The predicted octanol–water partition coefficient (Wildman–Crippen LogP) is 3.66. The molecular formula is C19H19BrN2O4. The molecule has 1 amide bonds. The molecule has 2 aromatic carbocycles. The van der Waals surface area contributed by atoms with Crippen LogP contribution in [0.1, 0.15) is 24.5 Å². The quantitative estimate of drug-likeness (QED) is 0.550. The molecule has 0 atom stereocenters. The second-order valence-corrected chi connectivity index (χ2v) is 6.56. The van der Waals surface area contributed by atoms with Gasteiger partial charge in [0.1, 0.15) is 5.75 Å². The summed E-state index contributed by atoms with van der Waals surface area (Å²) in [5.74, 6) is 1.65. The number of nitrogens with zero attached hydrogens (tertiary/aromatic N) is 1. The Balaban J connectivity index is 1.48. The summed E-state index contributed by atoms with van der Waals surface area (Å²) in [5, 5.41) is 3.93. The van der Waals surface area contributed by atoms with Crippen molar-refractivity contribution in [1.29, 1.82) is 0 Å². The molecule has 1 heterocycles. The first-order chi connectivity index (χ1) is 12.7. The molecule has 0 radical (unpaired) electrons. The number of carbonyl (C=O) groups excluding carboxylic acids is 1. The van der Waals surface area contributed by atoms with Gasteiger partial charge >= 0.3 is 0 Å². The van der Waals surface area contributed by atoms with E-state index in [9.17, 15) is 4.79 Å². The van der Waals surface area contributed by atoms with Crippen LogP contribution >= 0.6 is 15.9 Å². The van der Waals surface area contributed by atoms with Crippen molar-refractivity contribution >= 4 is 28.1 Å². The number of rotatable bonds is 7.